The van der Waals surface area contributed by atoms with Crippen molar-refractivity contribution in [2.45, 2.75) is 25.8 Å². The number of halogens is 1. The number of benzene rings is 1. The summed E-state index contributed by atoms with van der Waals surface area (Å²) in [7, 11) is 1.67. The molecule has 2 amide bonds. The predicted octanol–water partition coefficient (Wildman–Crippen LogP) is -0.257. The van der Waals surface area contributed by atoms with Gasteiger partial charge in [-0.3, -0.25) is 14.4 Å². The molecule has 8 heteroatoms. The van der Waals surface area contributed by atoms with E-state index < -0.39 is 17.9 Å². The number of Topliss-reactive ketones (excluding diaryl/α,β-unsaturated/α-hetero) is 1. The first-order chi connectivity index (χ1) is 12.4. The fourth-order valence-electron chi connectivity index (χ4n) is 2.51. The summed E-state index contributed by atoms with van der Waals surface area (Å²) >= 11 is 0. The van der Waals surface area contributed by atoms with Crippen molar-refractivity contribution in [3.8, 4) is 0 Å². The Bertz CT molecular complexity index is 624. The molecule has 0 saturated carbocycles. The zero-order chi connectivity index (χ0) is 19.5. The number of rotatable bonds is 11. The van der Waals surface area contributed by atoms with E-state index in [1.165, 1.54) is 13.0 Å². The second kappa shape index (κ2) is 11.3. The average molecular weight is 366 g/mol. The number of likely N-dealkylation sites (N-methyl/N-ethyl adjacent to an activating group) is 1. The first-order valence-electron chi connectivity index (χ1n) is 8.54. The fraction of sp³-hybridized carbons (Fsp3) is 0.500. The Morgan fingerprint density at radius 1 is 1.23 bits per heavy atom. The molecule has 0 aliphatic rings. The smallest absolute Gasteiger partial charge is 0.240 e. The normalized spacial score (nSPS) is 12.9. The molecule has 1 rings (SSSR count). The lowest BCUT2D eigenvalue weighted by Crippen LogP contribution is -2.49. The van der Waals surface area contributed by atoms with E-state index in [1.54, 1.807) is 25.2 Å². The van der Waals surface area contributed by atoms with Gasteiger partial charge in [-0.1, -0.05) is 18.2 Å². The molecule has 144 valence electrons. The van der Waals surface area contributed by atoms with Crippen LogP contribution in [0.2, 0.25) is 0 Å². The molecule has 0 bridgehead atoms. The zero-order valence-corrected chi connectivity index (χ0v) is 15.2. The molecule has 1 aromatic rings. The van der Waals surface area contributed by atoms with Gasteiger partial charge in [0.15, 0.2) is 5.78 Å². The fourth-order valence-corrected chi connectivity index (χ4v) is 2.51. The van der Waals surface area contributed by atoms with Crippen molar-refractivity contribution in [3.63, 3.8) is 0 Å². The van der Waals surface area contributed by atoms with Crippen LogP contribution in [0.4, 0.5) is 4.39 Å². The number of nitrogens with two attached hydrogens (primary N) is 1. The minimum Gasteiger partial charge on any atom is -0.347 e. The van der Waals surface area contributed by atoms with Crippen LogP contribution >= 0.6 is 0 Å². The van der Waals surface area contributed by atoms with Crippen molar-refractivity contribution >= 4 is 17.6 Å². The lowest BCUT2D eigenvalue weighted by atomic mass is 9.95. The van der Waals surface area contributed by atoms with E-state index in [4.69, 9.17) is 5.73 Å². The Morgan fingerprint density at radius 3 is 2.50 bits per heavy atom. The zero-order valence-electron chi connectivity index (χ0n) is 15.2. The Kier molecular flexibility index (Phi) is 9.46. The van der Waals surface area contributed by atoms with Crippen LogP contribution in [-0.4, -0.2) is 50.3 Å². The van der Waals surface area contributed by atoms with Crippen molar-refractivity contribution in [2.75, 3.05) is 26.7 Å². The summed E-state index contributed by atoms with van der Waals surface area (Å²) in [6, 6.07) is 5.59. The molecule has 5 N–H and O–H groups in total. The third-order valence-corrected chi connectivity index (χ3v) is 3.97. The quantitative estimate of drug-likeness (QED) is 0.431. The first kappa shape index (κ1) is 21.7. The van der Waals surface area contributed by atoms with E-state index in [9.17, 15) is 18.8 Å². The SMILES string of the molecule is CNCC(NC(=O)CNC(=O)C(CCN)Cc1ccccc1F)C(C)=O. The molecular weight excluding hydrogens is 339 g/mol. The molecule has 0 aliphatic heterocycles. The van der Waals surface area contributed by atoms with Crippen molar-refractivity contribution in [3.05, 3.63) is 35.6 Å². The summed E-state index contributed by atoms with van der Waals surface area (Å²) in [5.74, 6) is -1.94. The van der Waals surface area contributed by atoms with E-state index in [-0.39, 0.29) is 37.0 Å². The summed E-state index contributed by atoms with van der Waals surface area (Å²) in [5.41, 5.74) is 5.98. The maximum atomic E-state index is 13.8. The highest BCUT2D eigenvalue weighted by atomic mass is 19.1. The maximum absolute atomic E-state index is 13.8. The molecule has 2 unspecified atom stereocenters. The summed E-state index contributed by atoms with van der Waals surface area (Å²) in [5, 5.41) is 7.90. The van der Waals surface area contributed by atoms with E-state index in [1.807, 2.05) is 0 Å². The van der Waals surface area contributed by atoms with Gasteiger partial charge in [-0.25, -0.2) is 4.39 Å². The molecule has 0 aromatic heterocycles. The van der Waals surface area contributed by atoms with Crippen LogP contribution in [-0.2, 0) is 20.8 Å². The van der Waals surface area contributed by atoms with Crippen LogP contribution < -0.4 is 21.7 Å². The highest BCUT2D eigenvalue weighted by molar-refractivity contribution is 5.90. The van der Waals surface area contributed by atoms with Gasteiger partial charge in [0.25, 0.3) is 0 Å². The van der Waals surface area contributed by atoms with Crippen LogP contribution in [0.25, 0.3) is 0 Å². The number of hydrogen-bond acceptors (Lipinski definition) is 5. The lowest BCUT2D eigenvalue weighted by molar-refractivity contribution is -0.130. The van der Waals surface area contributed by atoms with Crippen LogP contribution in [0.5, 0.6) is 0 Å². The molecule has 0 aliphatic carbocycles. The number of carbonyl (C=O) groups excluding carboxylic acids is 3. The van der Waals surface area contributed by atoms with Gasteiger partial charge >= 0.3 is 0 Å². The first-order valence-corrected chi connectivity index (χ1v) is 8.54. The summed E-state index contributed by atoms with van der Waals surface area (Å²) in [4.78, 5) is 35.7. The van der Waals surface area contributed by atoms with Gasteiger partial charge in [0.05, 0.1) is 12.6 Å². The van der Waals surface area contributed by atoms with Crippen molar-refractivity contribution in [2.24, 2.45) is 11.7 Å². The predicted molar refractivity (Wildman–Crippen MR) is 96.8 cm³/mol. The monoisotopic (exact) mass is 366 g/mol. The van der Waals surface area contributed by atoms with E-state index in [2.05, 4.69) is 16.0 Å². The van der Waals surface area contributed by atoms with Crippen LogP contribution in [0, 0.1) is 11.7 Å². The molecule has 0 radical (unpaired) electrons. The highest BCUT2D eigenvalue weighted by Gasteiger charge is 2.21. The Balaban J connectivity index is 2.60. The van der Waals surface area contributed by atoms with Gasteiger partial charge in [0.2, 0.25) is 11.8 Å². The van der Waals surface area contributed by atoms with Gasteiger partial charge in [0.1, 0.15) is 5.82 Å². The van der Waals surface area contributed by atoms with Gasteiger partial charge in [-0.15, -0.1) is 0 Å². The minimum absolute atomic E-state index is 0.181. The molecule has 0 spiro atoms. The number of ketones is 1. The summed E-state index contributed by atoms with van der Waals surface area (Å²) in [6.45, 7) is 1.70. The van der Waals surface area contributed by atoms with Crippen molar-refractivity contribution < 1.29 is 18.8 Å². The number of carbonyl (C=O) groups is 3. The van der Waals surface area contributed by atoms with Gasteiger partial charge < -0.3 is 21.7 Å². The maximum Gasteiger partial charge on any atom is 0.240 e. The third-order valence-electron chi connectivity index (χ3n) is 3.97. The summed E-state index contributed by atoms with van der Waals surface area (Å²) in [6.07, 6.45) is 0.574. The van der Waals surface area contributed by atoms with Crippen molar-refractivity contribution in [1.82, 2.24) is 16.0 Å². The number of nitrogens with one attached hydrogen (secondary N) is 3. The Labute approximate surface area is 152 Å². The topological polar surface area (TPSA) is 113 Å². The molecular formula is C18H27FN4O3. The Hall–Kier alpha value is -2.32. The lowest BCUT2D eigenvalue weighted by Gasteiger charge is -2.18. The highest BCUT2D eigenvalue weighted by Crippen LogP contribution is 2.15. The van der Waals surface area contributed by atoms with Crippen LogP contribution in [0.1, 0.15) is 18.9 Å². The van der Waals surface area contributed by atoms with Crippen molar-refractivity contribution in [1.29, 1.82) is 0 Å². The summed E-state index contributed by atoms with van der Waals surface area (Å²) < 4.78 is 13.8. The Morgan fingerprint density at radius 2 is 1.92 bits per heavy atom. The molecule has 2 atom stereocenters. The van der Waals surface area contributed by atoms with Gasteiger partial charge in [-0.05, 0) is 45.0 Å². The van der Waals surface area contributed by atoms with E-state index >= 15 is 0 Å². The molecule has 0 saturated heterocycles. The molecule has 0 heterocycles. The van der Waals surface area contributed by atoms with E-state index in [0.29, 0.717) is 18.5 Å². The second-order valence-corrected chi connectivity index (χ2v) is 6.08. The molecule has 1 aromatic carbocycles. The minimum atomic E-state index is -0.650. The third kappa shape index (κ3) is 7.28. The largest absolute Gasteiger partial charge is 0.347 e. The average Bonchev–Trinajstić information content (AvgIpc) is 2.60. The molecule has 0 fully saturated rings. The van der Waals surface area contributed by atoms with Gasteiger partial charge in [-0.2, -0.15) is 0 Å². The number of amides is 2. The van der Waals surface area contributed by atoms with Crippen LogP contribution in [0.3, 0.4) is 0 Å². The standard InChI is InChI=1S/C18H27FN4O3/c1-12(24)16(10-21-2)23-17(25)11-22-18(26)14(7-8-20)9-13-5-3-4-6-15(13)19/h3-6,14,16,21H,7-11,20H2,1-2H3,(H,22,26)(H,23,25). The second-order valence-electron chi connectivity index (χ2n) is 6.08. The molecule has 26 heavy (non-hydrogen) atoms. The van der Waals surface area contributed by atoms with Crippen LogP contribution in [0.15, 0.2) is 24.3 Å². The van der Waals surface area contributed by atoms with E-state index in [0.717, 1.165) is 0 Å². The molecule has 7 nitrogen and oxygen atoms in total. The number of hydrogen-bond donors (Lipinski definition) is 4. The van der Waals surface area contributed by atoms with Gasteiger partial charge in [0, 0.05) is 12.5 Å².